The van der Waals surface area contributed by atoms with Gasteiger partial charge in [-0.2, -0.15) is 0 Å². The molecule has 0 saturated carbocycles. The number of aromatic hydroxyl groups is 1. The number of allylic oxidation sites excluding steroid dienone is 1. The summed E-state index contributed by atoms with van der Waals surface area (Å²) in [6, 6.07) is 9.33. The Hall–Kier alpha value is -2.11. The highest BCUT2D eigenvalue weighted by Gasteiger charge is 2.33. The van der Waals surface area contributed by atoms with Gasteiger partial charge >= 0.3 is 0 Å². The summed E-state index contributed by atoms with van der Waals surface area (Å²) < 4.78 is 6.89. The van der Waals surface area contributed by atoms with E-state index in [0.29, 0.717) is 23.4 Å². The molecular formula is C21H22BrNO3. The third-order valence-electron chi connectivity index (χ3n) is 4.64. The Morgan fingerprint density at radius 3 is 2.62 bits per heavy atom. The van der Waals surface area contributed by atoms with E-state index in [4.69, 9.17) is 4.74 Å². The number of halogens is 1. The Morgan fingerprint density at radius 2 is 1.96 bits per heavy atom. The van der Waals surface area contributed by atoms with E-state index in [1.807, 2.05) is 31.2 Å². The first kappa shape index (κ1) is 18.7. The zero-order valence-corrected chi connectivity index (χ0v) is 16.8. The molecule has 2 aromatic carbocycles. The monoisotopic (exact) mass is 415 g/mol. The number of ether oxygens (including phenoxy) is 1. The summed E-state index contributed by atoms with van der Waals surface area (Å²) in [5, 5.41) is 10.5. The topological polar surface area (TPSA) is 49.8 Å². The standard InChI is InChI=1S/C21H22BrNO3/c1-4-23(5-2)12-16-17(24)9-13(3)19-20(25)18(26-21(16)19)11-14-7-6-8-15(22)10-14/h6-11,24H,4-5,12H2,1-3H3/b18-11-. The molecule has 0 bridgehead atoms. The first-order valence-corrected chi connectivity index (χ1v) is 9.51. The van der Waals surface area contributed by atoms with Gasteiger partial charge in [0.1, 0.15) is 11.5 Å². The molecule has 1 heterocycles. The Bertz CT molecular complexity index is 885. The van der Waals surface area contributed by atoms with Crippen molar-refractivity contribution in [2.45, 2.75) is 27.3 Å². The van der Waals surface area contributed by atoms with E-state index in [-0.39, 0.29) is 17.3 Å². The van der Waals surface area contributed by atoms with Crippen LogP contribution in [0, 0.1) is 6.92 Å². The van der Waals surface area contributed by atoms with Gasteiger partial charge in [0.05, 0.1) is 11.1 Å². The van der Waals surface area contributed by atoms with Gasteiger partial charge in [-0.15, -0.1) is 0 Å². The lowest BCUT2D eigenvalue weighted by Crippen LogP contribution is -2.22. The summed E-state index contributed by atoms with van der Waals surface area (Å²) in [5.74, 6) is 0.802. The van der Waals surface area contributed by atoms with Crippen LogP contribution in [0.3, 0.4) is 0 Å². The number of hydrogen-bond acceptors (Lipinski definition) is 4. The third-order valence-corrected chi connectivity index (χ3v) is 5.14. The summed E-state index contributed by atoms with van der Waals surface area (Å²) >= 11 is 3.44. The fourth-order valence-corrected chi connectivity index (χ4v) is 3.57. The fraction of sp³-hybridized carbons (Fsp3) is 0.286. The van der Waals surface area contributed by atoms with Crippen LogP contribution in [-0.4, -0.2) is 28.9 Å². The second-order valence-electron chi connectivity index (χ2n) is 6.35. The van der Waals surface area contributed by atoms with Crippen LogP contribution in [0.15, 0.2) is 40.6 Å². The van der Waals surface area contributed by atoms with Gasteiger partial charge in [0.15, 0.2) is 5.76 Å². The van der Waals surface area contributed by atoms with Crippen LogP contribution < -0.4 is 4.74 Å². The lowest BCUT2D eigenvalue weighted by atomic mass is 9.99. The minimum atomic E-state index is -0.140. The number of carbonyl (C=O) groups excluding carboxylic acids is 1. The zero-order valence-electron chi connectivity index (χ0n) is 15.2. The van der Waals surface area contributed by atoms with Crippen LogP contribution in [0.5, 0.6) is 11.5 Å². The number of phenols is 1. The molecule has 0 aliphatic carbocycles. The minimum Gasteiger partial charge on any atom is -0.507 e. The molecule has 3 rings (SSSR count). The van der Waals surface area contributed by atoms with Crippen molar-refractivity contribution in [3.8, 4) is 11.5 Å². The van der Waals surface area contributed by atoms with E-state index in [0.717, 1.165) is 28.7 Å². The number of hydrogen-bond donors (Lipinski definition) is 1. The number of Topliss-reactive ketones (excluding diaryl/α,β-unsaturated/α-hetero) is 1. The number of nitrogens with zero attached hydrogens (tertiary/aromatic N) is 1. The molecule has 1 N–H and O–H groups in total. The number of phenolic OH excluding ortho intramolecular Hbond substituents is 1. The molecular weight excluding hydrogens is 394 g/mol. The summed E-state index contributed by atoms with van der Waals surface area (Å²) in [6.07, 6.45) is 1.74. The predicted molar refractivity (Wildman–Crippen MR) is 107 cm³/mol. The summed E-state index contributed by atoms with van der Waals surface area (Å²) in [4.78, 5) is 15.1. The summed E-state index contributed by atoms with van der Waals surface area (Å²) in [6.45, 7) is 8.21. The number of benzene rings is 2. The summed E-state index contributed by atoms with van der Waals surface area (Å²) in [7, 11) is 0. The smallest absolute Gasteiger partial charge is 0.232 e. The van der Waals surface area contributed by atoms with Crippen molar-refractivity contribution < 1.29 is 14.6 Å². The second kappa shape index (κ2) is 7.64. The maximum absolute atomic E-state index is 12.9. The second-order valence-corrected chi connectivity index (χ2v) is 7.27. The molecule has 0 radical (unpaired) electrons. The van der Waals surface area contributed by atoms with E-state index >= 15 is 0 Å². The van der Waals surface area contributed by atoms with E-state index in [1.165, 1.54) is 0 Å². The Labute approximate surface area is 162 Å². The molecule has 1 aliphatic heterocycles. The van der Waals surface area contributed by atoms with Gasteiger partial charge in [-0.3, -0.25) is 9.69 Å². The molecule has 0 unspecified atom stereocenters. The van der Waals surface area contributed by atoms with Crippen molar-refractivity contribution in [1.29, 1.82) is 0 Å². The van der Waals surface area contributed by atoms with Crippen molar-refractivity contribution in [2.24, 2.45) is 0 Å². The van der Waals surface area contributed by atoms with Crippen LogP contribution in [0.4, 0.5) is 0 Å². The predicted octanol–water partition coefficient (Wildman–Crippen LogP) is 4.92. The first-order chi connectivity index (χ1) is 12.4. The number of ketones is 1. The highest BCUT2D eigenvalue weighted by molar-refractivity contribution is 9.10. The van der Waals surface area contributed by atoms with E-state index in [2.05, 4.69) is 34.7 Å². The normalized spacial score (nSPS) is 14.8. The zero-order chi connectivity index (χ0) is 18.8. The fourth-order valence-electron chi connectivity index (χ4n) is 3.15. The van der Waals surface area contributed by atoms with E-state index in [1.54, 1.807) is 12.1 Å². The first-order valence-electron chi connectivity index (χ1n) is 8.72. The average molecular weight is 416 g/mol. The number of fused-ring (bicyclic) bond motifs is 1. The SMILES string of the molecule is CCN(CC)Cc1c(O)cc(C)c2c1O/C(=C\c1cccc(Br)c1)C2=O. The molecule has 0 spiro atoms. The minimum absolute atomic E-state index is 0.140. The quantitative estimate of drug-likeness (QED) is 0.703. The van der Waals surface area contributed by atoms with Gasteiger partial charge in [0, 0.05) is 11.0 Å². The van der Waals surface area contributed by atoms with Gasteiger partial charge < -0.3 is 9.84 Å². The molecule has 0 amide bonds. The van der Waals surface area contributed by atoms with Crippen LogP contribution in [0.1, 0.15) is 40.9 Å². The maximum Gasteiger partial charge on any atom is 0.232 e. The van der Waals surface area contributed by atoms with Gasteiger partial charge in [-0.25, -0.2) is 0 Å². The largest absolute Gasteiger partial charge is 0.507 e. The van der Waals surface area contributed by atoms with Crippen molar-refractivity contribution in [2.75, 3.05) is 13.1 Å². The number of rotatable bonds is 5. The maximum atomic E-state index is 12.9. The highest BCUT2D eigenvalue weighted by Crippen LogP contribution is 2.42. The molecule has 5 heteroatoms. The van der Waals surface area contributed by atoms with Crippen molar-refractivity contribution in [1.82, 2.24) is 4.90 Å². The van der Waals surface area contributed by atoms with E-state index < -0.39 is 0 Å². The Morgan fingerprint density at radius 1 is 1.23 bits per heavy atom. The van der Waals surface area contributed by atoms with Gasteiger partial charge in [0.25, 0.3) is 0 Å². The Kier molecular flexibility index (Phi) is 5.49. The average Bonchev–Trinajstić information content (AvgIpc) is 2.92. The molecule has 2 aromatic rings. The molecule has 136 valence electrons. The van der Waals surface area contributed by atoms with Crippen molar-refractivity contribution in [3.63, 3.8) is 0 Å². The van der Waals surface area contributed by atoms with Crippen LogP contribution in [0.2, 0.25) is 0 Å². The highest BCUT2D eigenvalue weighted by atomic mass is 79.9. The third kappa shape index (κ3) is 3.55. The lowest BCUT2D eigenvalue weighted by molar-refractivity contribution is 0.101. The molecule has 0 fully saturated rings. The van der Waals surface area contributed by atoms with Gasteiger partial charge in [0.2, 0.25) is 5.78 Å². The van der Waals surface area contributed by atoms with E-state index in [9.17, 15) is 9.90 Å². The lowest BCUT2D eigenvalue weighted by Gasteiger charge is -2.20. The molecule has 1 aliphatic rings. The van der Waals surface area contributed by atoms with Crippen LogP contribution in [-0.2, 0) is 6.54 Å². The molecule has 4 nitrogen and oxygen atoms in total. The number of carbonyl (C=O) groups is 1. The molecule has 0 aromatic heterocycles. The molecule has 0 atom stereocenters. The summed E-state index contributed by atoms with van der Waals surface area (Å²) in [5.41, 5.74) is 2.82. The van der Waals surface area contributed by atoms with Gasteiger partial charge in [-0.05, 0) is 55.4 Å². The van der Waals surface area contributed by atoms with Gasteiger partial charge in [-0.1, -0.05) is 41.9 Å². The molecule has 26 heavy (non-hydrogen) atoms. The van der Waals surface area contributed by atoms with Crippen molar-refractivity contribution >= 4 is 27.8 Å². The number of aryl methyl sites for hydroxylation is 1. The Balaban J connectivity index is 2.04. The van der Waals surface area contributed by atoms with Crippen LogP contribution in [0.25, 0.3) is 6.08 Å². The molecule has 0 saturated heterocycles. The van der Waals surface area contributed by atoms with Crippen molar-refractivity contribution in [3.05, 3.63) is 62.8 Å². The van der Waals surface area contributed by atoms with Crippen LogP contribution >= 0.6 is 15.9 Å².